The summed E-state index contributed by atoms with van der Waals surface area (Å²) in [7, 11) is 0. The number of benzene rings is 1. The van der Waals surface area contributed by atoms with Gasteiger partial charge in [-0.15, -0.1) is 0 Å². The molecule has 1 aromatic carbocycles. The molecule has 1 aromatic rings. The molecule has 5 nitrogen and oxygen atoms in total. The van der Waals surface area contributed by atoms with E-state index in [1.54, 1.807) is 12.1 Å². The molecule has 0 aliphatic carbocycles. The zero-order valence-corrected chi connectivity index (χ0v) is 8.77. The van der Waals surface area contributed by atoms with Crippen molar-refractivity contribution in [1.82, 2.24) is 5.32 Å². The number of nitrogens with one attached hydrogen (secondary N) is 1. The van der Waals surface area contributed by atoms with Crippen molar-refractivity contribution in [3.05, 3.63) is 35.4 Å². The van der Waals surface area contributed by atoms with E-state index in [0.29, 0.717) is 19.5 Å². The van der Waals surface area contributed by atoms with Crippen LogP contribution in [0, 0.1) is 0 Å². The number of carboxylic acid groups (broad SMARTS) is 1. The lowest BCUT2D eigenvalue weighted by molar-refractivity contribution is -0.121. The molecule has 1 amide bonds. The number of rotatable bonds is 5. The maximum absolute atomic E-state index is 11.1. The Balaban J connectivity index is 2.49. The summed E-state index contributed by atoms with van der Waals surface area (Å²) in [5.41, 5.74) is 6.32. The molecular formula is C11H14N2O3. The predicted octanol–water partition coefficient (Wildman–Crippen LogP) is 0.350. The Morgan fingerprint density at radius 3 is 2.38 bits per heavy atom. The van der Waals surface area contributed by atoms with Crippen molar-refractivity contribution >= 4 is 11.9 Å². The fourth-order valence-electron chi connectivity index (χ4n) is 1.19. The van der Waals surface area contributed by atoms with Crippen LogP contribution in [0.4, 0.5) is 0 Å². The summed E-state index contributed by atoms with van der Waals surface area (Å²) in [4.78, 5) is 21.7. The van der Waals surface area contributed by atoms with Crippen molar-refractivity contribution in [1.29, 1.82) is 0 Å². The third kappa shape index (κ3) is 3.70. The Labute approximate surface area is 93.3 Å². The molecule has 0 aromatic heterocycles. The van der Waals surface area contributed by atoms with Crippen molar-refractivity contribution in [3.63, 3.8) is 0 Å². The van der Waals surface area contributed by atoms with Gasteiger partial charge in [-0.3, -0.25) is 4.79 Å². The van der Waals surface area contributed by atoms with Crippen LogP contribution in [-0.4, -0.2) is 23.5 Å². The largest absolute Gasteiger partial charge is 0.478 e. The zero-order chi connectivity index (χ0) is 12.0. The Morgan fingerprint density at radius 1 is 1.25 bits per heavy atom. The normalized spacial score (nSPS) is 9.81. The zero-order valence-electron chi connectivity index (χ0n) is 8.77. The van der Waals surface area contributed by atoms with Crippen LogP contribution >= 0.6 is 0 Å². The van der Waals surface area contributed by atoms with E-state index in [2.05, 4.69) is 5.32 Å². The molecule has 0 atom stereocenters. The minimum Gasteiger partial charge on any atom is -0.478 e. The van der Waals surface area contributed by atoms with E-state index in [1.165, 1.54) is 12.1 Å². The first kappa shape index (κ1) is 12.2. The number of carbonyl (C=O) groups excluding carboxylic acids is 1. The summed E-state index contributed by atoms with van der Waals surface area (Å²) in [5.74, 6) is -1.07. The van der Waals surface area contributed by atoms with Gasteiger partial charge in [0.25, 0.3) is 0 Å². The van der Waals surface area contributed by atoms with E-state index in [4.69, 9.17) is 10.8 Å². The Kier molecular flexibility index (Phi) is 4.47. The van der Waals surface area contributed by atoms with Gasteiger partial charge in [-0.1, -0.05) is 12.1 Å². The van der Waals surface area contributed by atoms with Gasteiger partial charge in [-0.25, -0.2) is 4.79 Å². The van der Waals surface area contributed by atoms with E-state index >= 15 is 0 Å². The monoisotopic (exact) mass is 222 g/mol. The molecule has 0 aliphatic heterocycles. The van der Waals surface area contributed by atoms with Crippen molar-refractivity contribution in [3.8, 4) is 0 Å². The first-order valence-electron chi connectivity index (χ1n) is 4.92. The second-order valence-corrected chi connectivity index (χ2v) is 3.32. The second kappa shape index (κ2) is 5.87. The first-order valence-corrected chi connectivity index (χ1v) is 4.92. The molecule has 16 heavy (non-hydrogen) atoms. The summed E-state index contributed by atoms with van der Waals surface area (Å²) in [6.07, 6.45) is 0.299. The number of amides is 1. The lowest BCUT2D eigenvalue weighted by Crippen LogP contribution is -2.24. The fraction of sp³-hybridized carbons (Fsp3) is 0.273. The highest BCUT2D eigenvalue weighted by molar-refractivity contribution is 5.87. The number of carbonyl (C=O) groups is 2. The van der Waals surface area contributed by atoms with Crippen LogP contribution < -0.4 is 11.1 Å². The average molecular weight is 222 g/mol. The van der Waals surface area contributed by atoms with Crippen molar-refractivity contribution in [2.24, 2.45) is 5.73 Å². The fourth-order valence-corrected chi connectivity index (χ4v) is 1.19. The highest BCUT2D eigenvalue weighted by atomic mass is 16.4. The highest BCUT2D eigenvalue weighted by Gasteiger charge is 2.02. The number of carboxylic acids is 1. The third-order valence-corrected chi connectivity index (χ3v) is 2.06. The van der Waals surface area contributed by atoms with Crippen LogP contribution in [0.5, 0.6) is 0 Å². The molecule has 0 saturated heterocycles. The van der Waals surface area contributed by atoms with Crippen molar-refractivity contribution in [2.45, 2.75) is 13.0 Å². The predicted molar refractivity (Wildman–Crippen MR) is 58.9 cm³/mol. The smallest absolute Gasteiger partial charge is 0.335 e. The van der Waals surface area contributed by atoms with Gasteiger partial charge in [0.1, 0.15) is 0 Å². The van der Waals surface area contributed by atoms with Gasteiger partial charge in [0, 0.05) is 19.5 Å². The summed E-state index contributed by atoms with van der Waals surface area (Å²) in [5, 5.41) is 11.4. The molecule has 1 rings (SSSR count). The molecule has 0 spiro atoms. The minimum atomic E-state index is -0.960. The van der Waals surface area contributed by atoms with Gasteiger partial charge in [-0.05, 0) is 17.7 Å². The number of hydrogen-bond donors (Lipinski definition) is 3. The topological polar surface area (TPSA) is 92.4 Å². The highest BCUT2D eigenvalue weighted by Crippen LogP contribution is 2.04. The summed E-state index contributed by atoms with van der Waals surface area (Å²) < 4.78 is 0. The number of nitrogens with two attached hydrogens (primary N) is 1. The van der Waals surface area contributed by atoms with Crippen LogP contribution in [0.15, 0.2) is 24.3 Å². The van der Waals surface area contributed by atoms with Crippen LogP contribution in [-0.2, 0) is 11.3 Å². The molecule has 0 bridgehead atoms. The number of aromatic carboxylic acids is 1. The van der Waals surface area contributed by atoms with E-state index in [1.807, 2.05) is 0 Å². The lowest BCUT2D eigenvalue weighted by Gasteiger charge is -2.04. The molecule has 0 aliphatic rings. The standard InChI is InChI=1S/C11H14N2O3/c12-6-5-10(14)13-7-8-1-3-9(4-2-8)11(15)16/h1-4H,5-7,12H2,(H,13,14)(H,15,16). The Morgan fingerprint density at radius 2 is 1.88 bits per heavy atom. The molecule has 0 radical (unpaired) electrons. The first-order chi connectivity index (χ1) is 7.63. The number of hydrogen-bond acceptors (Lipinski definition) is 3. The third-order valence-electron chi connectivity index (χ3n) is 2.06. The van der Waals surface area contributed by atoms with Crippen LogP contribution in [0.25, 0.3) is 0 Å². The maximum Gasteiger partial charge on any atom is 0.335 e. The molecule has 86 valence electrons. The second-order valence-electron chi connectivity index (χ2n) is 3.32. The van der Waals surface area contributed by atoms with Gasteiger partial charge in [0.15, 0.2) is 0 Å². The van der Waals surface area contributed by atoms with Crippen LogP contribution in [0.3, 0.4) is 0 Å². The van der Waals surface area contributed by atoms with E-state index in [9.17, 15) is 9.59 Å². The van der Waals surface area contributed by atoms with Gasteiger partial charge in [0.2, 0.25) is 5.91 Å². The van der Waals surface area contributed by atoms with E-state index < -0.39 is 5.97 Å². The molecule has 0 fully saturated rings. The average Bonchev–Trinajstić information content (AvgIpc) is 2.27. The van der Waals surface area contributed by atoms with Crippen LogP contribution in [0.1, 0.15) is 22.3 Å². The van der Waals surface area contributed by atoms with Gasteiger partial charge in [0.05, 0.1) is 5.56 Å². The molecule has 5 heteroatoms. The van der Waals surface area contributed by atoms with E-state index in [0.717, 1.165) is 5.56 Å². The summed E-state index contributed by atoms with van der Waals surface area (Å²) >= 11 is 0. The molecule has 0 heterocycles. The van der Waals surface area contributed by atoms with Gasteiger partial charge < -0.3 is 16.2 Å². The lowest BCUT2D eigenvalue weighted by atomic mass is 10.1. The van der Waals surface area contributed by atoms with Gasteiger partial charge in [-0.2, -0.15) is 0 Å². The summed E-state index contributed by atoms with van der Waals surface area (Å²) in [6.45, 7) is 0.711. The van der Waals surface area contributed by atoms with Gasteiger partial charge >= 0.3 is 5.97 Å². The quantitative estimate of drug-likeness (QED) is 0.670. The van der Waals surface area contributed by atoms with Crippen molar-refractivity contribution < 1.29 is 14.7 Å². The molecule has 4 N–H and O–H groups in total. The Bertz CT molecular complexity index is 373. The summed E-state index contributed by atoms with van der Waals surface area (Å²) in [6, 6.07) is 6.36. The van der Waals surface area contributed by atoms with Crippen molar-refractivity contribution in [2.75, 3.05) is 6.54 Å². The molecular weight excluding hydrogens is 208 g/mol. The molecule has 0 saturated carbocycles. The minimum absolute atomic E-state index is 0.107. The molecule has 0 unspecified atom stereocenters. The maximum atomic E-state index is 11.1. The Hall–Kier alpha value is -1.88. The SMILES string of the molecule is NCCC(=O)NCc1ccc(C(=O)O)cc1. The van der Waals surface area contributed by atoms with E-state index in [-0.39, 0.29) is 11.5 Å². The van der Waals surface area contributed by atoms with Crippen LogP contribution in [0.2, 0.25) is 0 Å².